The van der Waals surface area contributed by atoms with Crippen molar-refractivity contribution in [3.8, 4) is 5.75 Å². The third kappa shape index (κ3) is 29.5. The monoisotopic (exact) mass is 420 g/mol. The van der Waals surface area contributed by atoms with Gasteiger partial charge in [-0.2, -0.15) is 0 Å². The number of aliphatic carboxylic acids is 1. The van der Waals surface area contributed by atoms with Crippen LogP contribution in [0.1, 0.15) is 34.1 Å². The lowest BCUT2D eigenvalue weighted by atomic mass is 10.2. The van der Waals surface area contributed by atoms with Crippen molar-refractivity contribution < 1.29 is 30.0 Å². The van der Waals surface area contributed by atoms with E-state index in [1.54, 1.807) is 58.0 Å². The molecule has 11 heteroatoms. The van der Waals surface area contributed by atoms with Crippen LogP contribution in [0.4, 0.5) is 0 Å². The summed E-state index contributed by atoms with van der Waals surface area (Å²) in [4.78, 5) is 10.7. The van der Waals surface area contributed by atoms with Gasteiger partial charge < -0.3 is 54.6 Å². The van der Waals surface area contributed by atoms with E-state index in [2.05, 4.69) is 0 Å². The van der Waals surface area contributed by atoms with Gasteiger partial charge in [0.1, 0.15) is 11.7 Å². The van der Waals surface area contributed by atoms with E-state index in [1.165, 1.54) is 0 Å². The Bertz CT molecular complexity index is 372. The van der Waals surface area contributed by atoms with Gasteiger partial charge in [-0.15, -0.1) is 19.8 Å². The molecule has 0 aliphatic rings. The number of para-hydroxylation sites is 1. The molecule has 0 bridgehead atoms. The number of carbonyl (C=O) groups is 1. The minimum absolute atomic E-state index is 0. The molecule has 1 aromatic carbocycles. The maximum absolute atomic E-state index is 10.7. The van der Waals surface area contributed by atoms with Crippen LogP contribution < -0.4 is 49.8 Å². The number of hydrogen-bond donors (Lipinski definition) is 4. The predicted molar refractivity (Wildman–Crippen MR) is 107 cm³/mol. The summed E-state index contributed by atoms with van der Waals surface area (Å²) in [5, 5.41) is 35.7. The number of benzene rings is 1. The summed E-state index contributed by atoms with van der Waals surface area (Å²) in [5.41, 5.74) is 0. The van der Waals surface area contributed by atoms with Gasteiger partial charge in [-0.1, -0.05) is 57.5 Å². The van der Waals surface area contributed by atoms with E-state index in [9.17, 15) is 9.90 Å². The normalized spacial score (nSPS) is 9.48. The fraction of sp³-hybridized carbons (Fsp3) is 0.562. The highest BCUT2D eigenvalue weighted by Crippen LogP contribution is 2.24. The Morgan fingerprint density at radius 3 is 1.41 bits per heavy atom. The molecule has 0 aromatic heterocycles. The summed E-state index contributed by atoms with van der Waals surface area (Å²) in [5.74, 6) is -1.01. The minimum atomic E-state index is -1.78. The van der Waals surface area contributed by atoms with Crippen LogP contribution in [-0.4, -0.2) is 30.9 Å². The van der Waals surface area contributed by atoms with Crippen molar-refractivity contribution in [3.05, 3.63) is 30.3 Å². The average molecular weight is 421 g/mol. The molecule has 0 aliphatic carbocycles. The molecule has 0 fully saturated rings. The van der Waals surface area contributed by atoms with Crippen LogP contribution in [0.15, 0.2) is 30.3 Å². The highest BCUT2D eigenvalue weighted by atomic mass is 35.5. The predicted octanol–water partition coefficient (Wildman–Crippen LogP) is 0.765. The lowest BCUT2D eigenvalue weighted by molar-refractivity contribution is -0.362. The lowest BCUT2D eigenvalue weighted by Crippen LogP contribution is -2.47. The number of carbonyl (C=O) groups excluding carboxylic acids is 1. The summed E-state index contributed by atoms with van der Waals surface area (Å²) in [6.07, 6.45) is 0.131. The standard InChI is InChI=1S/C10H11ClO3.3C2H5O.4H3N/c1-2-10(11,9(12)13)14-8-6-4-3-5-7-8;3*1-2-3;;;;/h3-7H,2H2,1H3,(H,12,13);3*2H2,1H3;4*1H3/q;3*-1;;;;/p+3. The van der Waals surface area contributed by atoms with Gasteiger partial charge in [0.05, 0.1) is 0 Å². The first-order chi connectivity index (χ1) is 10.8. The highest BCUT2D eigenvalue weighted by molar-refractivity contribution is 6.32. The van der Waals surface area contributed by atoms with Crippen molar-refractivity contribution in [2.45, 2.75) is 39.2 Å². The van der Waals surface area contributed by atoms with E-state index in [4.69, 9.17) is 31.7 Å². The van der Waals surface area contributed by atoms with Crippen molar-refractivity contribution in [2.24, 2.45) is 0 Å². The Morgan fingerprint density at radius 2 is 1.19 bits per heavy atom. The fourth-order valence-electron chi connectivity index (χ4n) is 0.934. The second-order valence-electron chi connectivity index (χ2n) is 3.65. The molecular weight excluding hydrogens is 380 g/mol. The third-order valence-electron chi connectivity index (χ3n) is 1.78. The van der Waals surface area contributed by atoms with Crippen molar-refractivity contribution in [3.63, 3.8) is 0 Å². The molecule has 0 spiro atoms. The Labute approximate surface area is 167 Å². The number of hydrogen-bond acceptors (Lipinski definition) is 6. The number of halogens is 1. The van der Waals surface area contributed by atoms with E-state index in [1.807, 2.05) is 0 Å². The molecule has 16 N–H and O–H groups in total. The van der Waals surface area contributed by atoms with E-state index in [0.717, 1.165) is 0 Å². The molecule has 0 radical (unpaired) electrons. The average Bonchev–Trinajstić information content (AvgIpc) is 2.50. The molecule has 0 amide bonds. The largest absolute Gasteiger partial charge is 0.855 e. The molecule has 1 aromatic rings. The molecule has 27 heavy (non-hydrogen) atoms. The fourth-order valence-corrected chi connectivity index (χ4v) is 1.02. The van der Waals surface area contributed by atoms with E-state index in [0.29, 0.717) is 5.75 Å². The SMILES string of the molecule is CCC(Cl)(Oc1ccccc1)C(=O)[O-].CC[O-].CC[O-].CC[O-].[NH4+].[NH4+].[NH4+].[NH4+]. The zero-order chi connectivity index (χ0) is 18.7. The van der Waals surface area contributed by atoms with E-state index < -0.39 is 11.0 Å². The quantitative estimate of drug-likeness (QED) is 0.509. The van der Waals surface area contributed by atoms with Crippen LogP contribution in [0.25, 0.3) is 0 Å². The molecule has 1 rings (SSSR count). The van der Waals surface area contributed by atoms with Gasteiger partial charge in [-0.05, 0) is 12.1 Å². The first kappa shape index (κ1) is 44.7. The Balaban J connectivity index is -0.0000000531. The van der Waals surface area contributed by atoms with Gasteiger partial charge >= 0.3 is 0 Å². The lowest BCUT2D eigenvalue weighted by Gasteiger charge is -2.27. The van der Waals surface area contributed by atoms with Gasteiger partial charge in [-0.3, -0.25) is 0 Å². The molecule has 1 unspecified atom stereocenters. The Hall–Kier alpha value is -1.50. The molecule has 0 saturated carbocycles. The first-order valence-electron chi connectivity index (χ1n) is 7.21. The van der Waals surface area contributed by atoms with Gasteiger partial charge in [0, 0.05) is 6.42 Å². The number of alkyl halides is 1. The van der Waals surface area contributed by atoms with Crippen molar-refractivity contribution in [1.29, 1.82) is 0 Å². The van der Waals surface area contributed by atoms with Crippen molar-refractivity contribution in [2.75, 3.05) is 19.8 Å². The number of rotatable bonds is 4. The van der Waals surface area contributed by atoms with Gasteiger partial charge in [0.15, 0.2) is 0 Å². The van der Waals surface area contributed by atoms with Crippen molar-refractivity contribution >= 4 is 17.6 Å². The second-order valence-corrected chi connectivity index (χ2v) is 4.26. The van der Waals surface area contributed by atoms with Gasteiger partial charge in [0.2, 0.25) is 5.06 Å². The molecule has 1 atom stereocenters. The van der Waals surface area contributed by atoms with Crippen LogP contribution in [0.2, 0.25) is 0 Å². The number of carboxylic acid groups (broad SMARTS) is 1. The molecular formula is C16H41ClN4O6. The summed E-state index contributed by atoms with van der Waals surface area (Å²) < 4.78 is 5.12. The molecule has 168 valence electrons. The van der Waals surface area contributed by atoms with E-state index in [-0.39, 0.29) is 50.8 Å². The topological polar surface area (TPSA) is 265 Å². The van der Waals surface area contributed by atoms with E-state index >= 15 is 0 Å². The summed E-state index contributed by atoms with van der Waals surface area (Å²) >= 11 is 5.71. The smallest absolute Gasteiger partial charge is 0.221 e. The van der Waals surface area contributed by atoms with Crippen LogP contribution in [0.5, 0.6) is 5.75 Å². The van der Waals surface area contributed by atoms with Crippen LogP contribution in [0, 0.1) is 0 Å². The van der Waals surface area contributed by atoms with Gasteiger partial charge in [0.25, 0.3) is 0 Å². The zero-order valence-electron chi connectivity index (χ0n) is 18.0. The maximum Gasteiger partial charge on any atom is 0.221 e. The minimum Gasteiger partial charge on any atom is -0.855 e. The molecule has 10 nitrogen and oxygen atoms in total. The zero-order valence-corrected chi connectivity index (χ0v) is 18.8. The van der Waals surface area contributed by atoms with Crippen molar-refractivity contribution in [1.82, 2.24) is 24.6 Å². The number of quaternary nitrogens is 4. The molecule has 0 aliphatic heterocycles. The first-order valence-corrected chi connectivity index (χ1v) is 7.59. The Kier molecular flexibility index (Phi) is 53.3. The second kappa shape index (κ2) is 32.2. The number of carboxylic acids is 1. The van der Waals surface area contributed by atoms with Crippen LogP contribution >= 0.6 is 11.6 Å². The number of ether oxygens (including phenoxy) is 1. The third-order valence-corrected chi connectivity index (χ3v) is 2.28. The van der Waals surface area contributed by atoms with Crippen LogP contribution in [0.3, 0.4) is 0 Å². The maximum atomic E-state index is 10.7. The van der Waals surface area contributed by atoms with Gasteiger partial charge in [-0.25, -0.2) is 0 Å². The highest BCUT2D eigenvalue weighted by Gasteiger charge is 2.29. The molecule has 0 saturated heterocycles. The summed E-state index contributed by atoms with van der Waals surface area (Å²) in [7, 11) is 0. The summed E-state index contributed by atoms with van der Waals surface area (Å²) in [6, 6.07) is 8.54. The summed E-state index contributed by atoms with van der Waals surface area (Å²) in [6.45, 7) is 6.33. The molecule has 0 heterocycles. The van der Waals surface area contributed by atoms with Crippen LogP contribution in [-0.2, 0) is 4.79 Å². The Morgan fingerprint density at radius 1 is 0.889 bits per heavy atom.